The summed E-state index contributed by atoms with van der Waals surface area (Å²) in [4.78, 5) is 0. The Hall–Kier alpha value is -1.59. The van der Waals surface area contributed by atoms with Gasteiger partial charge in [0.05, 0.1) is 0 Å². The van der Waals surface area contributed by atoms with Gasteiger partial charge in [-0.15, -0.1) is 6.42 Å². The van der Waals surface area contributed by atoms with Gasteiger partial charge in [0, 0.05) is 0 Å². The van der Waals surface area contributed by atoms with Gasteiger partial charge in [-0.25, -0.2) is 24.1 Å². The molecule has 0 aromatic heterocycles. The molecule has 0 spiro atoms. The van der Waals surface area contributed by atoms with Crippen LogP contribution in [-0.2, 0) is 30.7 Å². The molecule has 188 valence electrons. The predicted octanol–water partition coefficient (Wildman–Crippen LogP) is 9.77. The molecular formula is C35H44Zr. The summed E-state index contributed by atoms with van der Waals surface area (Å²) in [6.07, 6.45) is 23.6. The Bertz CT molecular complexity index is 1030. The smallest absolute Gasteiger partial charge is 0.172 e. The second-order valence-corrected chi connectivity index (χ2v) is 12.4. The zero-order valence-corrected chi connectivity index (χ0v) is 25.0. The van der Waals surface area contributed by atoms with Gasteiger partial charge in [-0.1, -0.05) is 66.0 Å². The van der Waals surface area contributed by atoms with Crippen molar-refractivity contribution in [2.75, 3.05) is 0 Å². The number of benzene rings is 1. The summed E-state index contributed by atoms with van der Waals surface area (Å²) < 4.78 is 1.79. The molecule has 1 heteroatoms. The molecule has 2 atom stereocenters. The van der Waals surface area contributed by atoms with Gasteiger partial charge in [-0.2, -0.15) is 23.8 Å². The topological polar surface area (TPSA) is 0 Å². The van der Waals surface area contributed by atoms with Crippen molar-refractivity contribution in [2.24, 2.45) is 11.8 Å². The van der Waals surface area contributed by atoms with Gasteiger partial charge in [0.1, 0.15) is 0 Å². The average molecular weight is 556 g/mol. The van der Waals surface area contributed by atoms with E-state index in [4.69, 9.17) is 0 Å². The van der Waals surface area contributed by atoms with E-state index in [1.807, 2.05) is 30.3 Å². The Morgan fingerprint density at radius 1 is 0.944 bits per heavy atom. The van der Waals surface area contributed by atoms with Crippen LogP contribution in [0.1, 0.15) is 95.6 Å². The summed E-state index contributed by atoms with van der Waals surface area (Å²) >= 11 is 1.67. The summed E-state index contributed by atoms with van der Waals surface area (Å²) in [5.74, 6) is 1.60. The van der Waals surface area contributed by atoms with Gasteiger partial charge in [-0.05, 0) is 36.7 Å². The average Bonchev–Trinajstić information content (AvgIpc) is 3.63. The van der Waals surface area contributed by atoms with Crippen LogP contribution >= 0.6 is 0 Å². The molecule has 2 unspecified atom stereocenters. The van der Waals surface area contributed by atoms with E-state index in [0.717, 1.165) is 18.3 Å². The minimum atomic E-state index is 0.784. The fourth-order valence-electron chi connectivity index (χ4n) is 6.28. The fraction of sp³-hybridized carbons (Fsp3) is 0.457. The van der Waals surface area contributed by atoms with Crippen molar-refractivity contribution in [3.8, 4) is 0 Å². The first-order chi connectivity index (χ1) is 17.7. The number of allylic oxidation sites excluding steroid dienone is 6. The Labute approximate surface area is 235 Å². The van der Waals surface area contributed by atoms with Crippen molar-refractivity contribution in [1.82, 2.24) is 0 Å². The van der Waals surface area contributed by atoms with Crippen LogP contribution in [0.3, 0.4) is 0 Å². The van der Waals surface area contributed by atoms with Crippen LogP contribution in [0.25, 0.3) is 5.57 Å². The first kappa shape index (κ1) is 27.4. The summed E-state index contributed by atoms with van der Waals surface area (Å²) in [5, 5.41) is 0. The molecule has 0 saturated heterocycles. The van der Waals surface area contributed by atoms with Crippen LogP contribution in [0, 0.1) is 18.3 Å². The molecule has 1 fully saturated rings. The van der Waals surface area contributed by atoms with Crippen LogP contribution in [0.4, 0.5) is 0 Å². The second kappa shape index (κ2) is 14.4. The standard InChI is InChI=1S/C21H21.C9H18.C5H5.Zr/c1-2-8-15-14(7-1)13-20-18-11-4-3-9-16(18)17-10-5-6-12-19(17)21(15)20;1-3-5-7-9-8-6-4-2;1-2-4-5-3-1;/h1-2,6-8,11-12,16-17H,3-5,9-10,13H2;3-8H2,1-2H3;1-5H;/q-1;;-1;+2. The molecule has 0 radical (unpaired) electrons. The number of rotatable bonds is 6. The molecule has 0 amide bonds. The van der Waals surface area contributed by atoms with E-state index < -0.39 is 0 Å². The van der Waals surface area contributed by atoms with Crippen LogP contribution < -0.4 is 0 Å². The first-order valence-corrected chi connectivity index (χ1v) is 15.8. The van der Waals surface area contributed by atoms with Gasteiger partial charge in [0.25, 0.3) is 0 Å². The van der Waals surface area contributed by atoms with Crippen LogP contribution in [0.15, 0.2) is 83.5 Å². The Morgan fingerprint density at radius 2 is 1.69 bits per heavy atom. The molecular weight excluding hydrogens is 512 g/mol. The monoisotopic (exact) mass is 554 g/mol. The van der Waals surface area contributed by atoms with E-state index in [-0.39, 0.29) is 0 Å². The third-order valence-electron chi connectivity index (χ3n) is 8.12. The quantitative estimate of drug-likeness (QED) is 0.311. The van der Waals surface area contributed by atoms with E-state index >= 15 is 0 Å². The van der Waals surface area contributed by atoms with Gasteiger partial charge < -0.3 is 0 Å². The van der Waals surface area contributed by atoms with Gasteiger partial charge in [0.2, 0.25) is 0 Å². The zero-order chi connectivity index (χ0) is 25.2. The van der Waals surface area contributed by atoms with Gasteiger partial charge in [-0.3, -0.25) is 0 Å². The predicted molar refractivity (Wildman–Crippen MR) is 154 cm³/mol. The molecule has 4 aliphatic carbocycles. The molecule has 6 rings (SSSR count). The first-order valence-electron chi connectivity index (χ1n) is 14.5. The normalized spacial score (nSPS) is 21.1. The van der Waals surface area contributed by atoms with Crippen molar-refractivity contribution in [1.29, 1.82) is 0 Å². The van der Waals surface area contributed by atoms with Crippen molar-refractivity contribution >= 4 is 8.78 Å². The molecule has 0 heterocycles. The maximum Gasteiger partial charge on any atom is -0.172 e. The Balaban J connectivity index is 0.000000170. The van der Waals surface area contributed by atoms with Crippen molar-refractivity contribution in [3.63, 3.8) is 0 Å². The third-order valence-corrected chi connectivity index (χ3v) is 9.35. The number of fused-ring (bicyclic) bond motifs is 6. The maximum atomic E-state index is 2.57. The molecule has 0 aliphatic heterocycles. The van der Waals surface area contributed by atoms with E-state index in [1.54, 1.807) is 55.3 Å². The third kappa shape index (κ3) is 6.83. The zero-order valence-electron chi connectivity index (χ0n) is 22.6. The summed E-state index contributed by atoms with van der Waals surface area (Å²) in [6.45, 7) is 4.53. The molecule has 36 heavy (non-hydrogen) atoms. The van der Waals surface area contributed by atoms with Crippen LogP contribution in [-0.4, -0.2) is 3.21 Å². The maximum absolute atomic E-state index is 2.57. The molecule has 2 aromatic carbocycles. The van der Waals surface area contributed by atoms with E-state index in [1.165, 1.54) is 76.2 Å². The van der Waals surface area contributed by atoms with Gasteiger partial charge in [0.15, 0.2) is 0 Å². The number of hydrogen-bond acceptors (Lipinski definition) is 0. The molecule has 0 nitrogen and oxygen atoms in total. The Kier molecular flexibility index (Phi) is 11.0. The SMILES string of the molecule is C1=CC2=C3C(=C4[CH-]CCCC4C2CC1)Cc1ccccc13.CCCC[C](=[Zr+2])CCCC.c1cc[cH-]c1. The minimum absolute atomic E-state index is 0.784. The van der Waals surface area contributed by atoms with Crippen LogP contribution in [0.5, 0.6) is 0 Å². The van der Waals surface area contributed by atoms with Crippen molar-refractivity contribution < 1.29 is 24.2 Å². The van der Waals surface area contributed by atoms with Crippen molar-refractivity contribution in [3.05, 3.63) is 101 Å². The second-order valence-electron chi connectivity index (χ2n) is 10.7. The van der Waals surface area contributed by atoms with Crippen LogP contribution in [0.2, 0.25) is 0 Å². The van der Waals surface area contributed by atoms with E-state index in [9.17, 15) is 0 Å². The molecule has 2 aromatic rings. The molecule has 0 bridgehead atoms. The Morgan fingerprint density at radius 3 is 2.39 bits per heavy atom. The summed E-state index contributed by atoms with van der Waals surface area (Å²) in [6, 6.07) is 19.1. The largest absolute Gasteiger partial charge is 0.214 e. The van der Waals surface area contributed by atoms with Gasteiger partial charge >= 0.3 is 79.8 Å². The summed E-state index contributed by atoms with van der Waals surface area (Å²) in [5.41, 5.74) is 9.71. The molecule has 4 aliphatic rings. The molecule has 1 saturated carbocycles. The minimum Gasteiger partial charge on any atom is -0.214 e. The van der Waals surface area contributed by atoms with Crippen molar-refractivity contribution in [2.45, 2.75) is 90.9 Å². The van der Waals surface area contributed by atoms with E-state index in [2.05, 4.69) is 56.7 Å². The summed E-state index contributed by atoms with van der Waals surface area (Å²) in [7, 11) is 0. The molecule has 0 N–H and O–H groups in total. The van der Waals surface area contributed by atoms with E-state index in [0.29, 0.717) is 0 Å². The number of unbranched alkanes of at least 4 members (excludes halogenated alkanes) is 2. The number of hydrogen-bond donors (Lipinski definition) is 0. The fourth-order valence-corrected chi connectivity index (χ4v) is 7.15.